The highest BCUT2D eigenvalue weighted by molar-refractivity contribution is 6.09. The molecule has 0 saturated carbocycles. The number of ether oxygens (including phenoxy) is 1. The number of benzene rings is 1. The summed E-state index contributed by atoms with van der Waals surface area (Å²) in [6, 6.07) is 5.66. The van der Waals surface area contributed by atoms with Crippen molar-refractivity contribution >= 4 is 23.6 Å². The van der Waals surface area contributed by atoms with E-state index in [0.29, 0.717) is 32.5 Å². The van der Waals surface area contributed by atoms with E-state index in [2.05, 4.69) is 10.6 Å². The number of hydrogen-bond donors (Lipinski definition) is 2. The molecule has 1 saturated heterocycles. The van der Waals surface area contributed by atoms with Crippen molar-refractivity contribution in [2.75, 3.05) is 25.0 Å². The molecule has 1 aromatic rings. The Bertz CT molecular complexity index is 700. The number of nitrogens with one attached hydrogen (secondary N) is 2. The number of para-hydroxylation sites is 1. The van der Waals surface area contributed by atoms with Gasteiger partial charge in [0, 0.05) is 19.1 Å². The minimum Gasteiger partial charge on any atom is -0.450 e. The zero-order chi connectivity index (χ0) is 20.0. The van der Waals surface area contributed by atoms with Crippen molar-refractivity contribution in [1.29, 1.82) is 0 Å². The first-order valence-corrected chi connectivity index (χ1v) is 9.04. The van der Waals surface area contributed by atoms with Crippen molar-refractivity contribution in [3.63, 3.8) is 0 Å². The number of carbonyl (C=O) groups excluding carboxylic acids is 3. The first-order chi connectivity index (χ1) is 12.8. The van der Waals surface area contributed by atoms with E-state index in [1.807, 2.05) is 0 Å². The molecule has 0 spiro atoms. The SMILES string of the molecule is CCOC(=O)N1CCC(NC(=O)C(C)(C)C(=O)Nc2ccccc2F)CC1. The third-order valence-electron chi connectivity index (χ3n) is 4.61. The number of piperidine rings is 1. The molecule has 0 unspecified atom stereocenters. The van der Waals surface area contributed by atoms with Crippen LogP contribution in [-0.4, -0.2) is 48.5 Å². The second-order valence-corrected chi connectivity index (χ2v) is 6.99. The Balaban J connectivity index is 1.90. The first kappa shape index (κ1) is 20.7. The third kappa shape index (κ3) is 5.18. The van der Waals surface area contributed by atoms with Gasteiger partial charge in [-0.1, -0.05) is 12.1 Å². The van der Waals surface area contributed by atoms with Crippen molar-refractivity contribution < 1.29 is 23.5 Å². The highest BCUT2D eigenvalue weighted by Gasteiger charge is 2.38. The van der Waals surface area contributed by atoms with Crippen LogP contribution in [0.15, 0.2) is 24.3 Å². The van der Waals surface area contributed by atoms with Gasteiger partial charge >= 0.3 is 6.09 Å². The van der Waals surface area contributed by atoms with Crippen LogP contribution < -0.4 is 10.6 Å². The molecule has 1 heterocycles. The fraction of sp³-hybridized carbons (Fsp3) is 0.526. The molecule has 0 aliphatic carbocycles. The number of likely N-dealkylation sites (tertiary alicyclic amines) is 1. The molecule has 1 aromatic carbocycles. The monoisotopic (exact) mass is 379 g/mol. The minimum atomic E-state index is -1.37. The first-order valence-electron chi connectivity index (χ1n) is 9.04. The number of nitrogens with zero attached hydrogens (tertiary/aromatic N) is 1. The lowest BCUT2D eigenvalue weighted by Gasteiger charge is -2.33. The van der Waals surface area contributed by atoms with Crippen LogP contribution in [0.5, 0.6) is 0 Å². The summed E-state index contributed by atoms with van der Waals surface area (Å²) < 4.78 is 18.7. The standard InChI is InChI=1S/C19H26FN3O4/c1-4-27-18(26)23-11-9-13(10-12-23)21-16(24)19(2,3)17(25)22-15-8-6-5-7-14(15)20/h5-8,13H,4,9-12H2,1-3H3,(H,21,24)(H,22,25). The Hall–Kier alpha value is -2.64. The van der Waals surface area contributed by atoms with Crippen LogP contribution in [0.25, 0.3) is 0 Å². The summed E-state index contributed by atoms with van der Waals surface area (Å²) in [6.07, 6.45) is 0.803. The molecule has 7 nitrogen and oxygen atoms in total. The van der Waals surface area contributed by atoms with Crippen LogP contribution in [0.3, 0.4) is 0 Å². The molecular formula is C19H26FN3O4. The average molecular weight is 379 g/mol. The molecule has 27 heavy (non-hydrogen) atoms. The Labute approximate surface area is 158 Å². The predicted molar refractivity (Wildman–Crippen MR) is 98.6 cm³/mol. The molecular weight excluding hydrogens is 353 g/mol. The Morgan fingerprint density at radius 1 is 1.19 bits per heavy atom. The number of anilines is 1. The summed E-state index contributed by atoms with van der Waals surface area (Å²) in [4.78, 5) is 38.4. The number of hydrogen-bond acceptors (Lipinski definition) is 4. The van der Waals surface area contributed by atoms with Gasteiger partial charge in [0.1, 0.15) is 11.2 Å². The molecule has 148 valence electrons. The summed E-state index contributed by atoms with van der Waals surface area (Å²) in [7, 11) is 0. The summed E-state index contributed by atoms with van der Waals surface area (Å²) in [5.74, 6) is -1.59. The second-order valence-electron chi connectivity index (χ2n) is 6.99. The molecule has 1 aliphatic heterocycles. The molecule has 1 aliphatic rings. The summed E-state index contributed by atoms with van der Waals surface area (Å²) in [6.45, 7) is 6.01. The maximum Gasteiger partial charge on any atom is 0.409 e. The maximum atomic E-state index is 13.7. The number of halogens is 1. The van der Waals surface area contributed by atoms with E-state index in [0.717, 1.165) is 0 Å². The minimum absolute atomic E-state index is 0.0334. The molecule has 1 fully saturated rings. The lowest BCUT2D eigenvalue weighted by Crippen LogP contribution is -2.52. The van der Waals surface area contributed by atoms with Crippen molar-refractivity contribution in [3.8, 4) is 0 Å². The summed E-state index contributed by atoms with van der Waals surface area (Å²) >= 11 is 0. The summed E-state index contributed by atoms with van der Waals surface area (Å²) in [5, 5.41) is 5.32. The smallest absolute Gasteiger partial charge is 0.409 e. The highest BCUT2D eigenvalue weighted by Crippen LogP contribution is 2.22. The molecule has 0 aromatic heterocycles. The maximum absolute atomic E-state index is 13.7. The molecule has 0 bridgehead atoms. The van der Waals surface area contributed by atoms with Crippen molar-refractivity contribution in [2.45, 2.75) is 39.7 Å². The molecule has 2 rings (SSSR count). The topological polar surface area (TPSA) is 87.7 Å². The van der Waals surface area contributed by atoms with E-state index in [9.17, 15) is 18.8 Å². The van der Waals surface area contributed by atoms with Crippen molar-refractivity contribution in [3.05, 3.63) is 30.1 Å². The van der Waals surface area contributed by atoms with Gasteiger partial charge in [-0.2, -0.15) is 0 Å². The van der Waals surface area contributed by atoms with Gasteiger partial charge in [0.15, 0.2) is 0 Å². The van der Waals surface area contributed by atoms with E-state index in [1.54, 1.807) is 17.9 Å². The number of amides is 3. The van der Waals surface area contributed by atoms with Crippen LogP contribution in [0.4, 0.5) is 14.9 Å². The van der Waals surface area contributed by atoms with E-state index in [4.69, 9.17) is 4.74 Å². The third-order valence-corrected chi connectivity index (χ3v) is 4.61. The van der Waals surface area contributed by atoms with Gasteiger partial charge in [-0.25, -0.2) is 9.18 Å². The highest BCUT2D eigenvalue weighted by atomic mass is 19.1. The lowest BCUT2D eigenvalue weighted by molar-refractivity contribution is -0.139. The van der Waals surface area contributed by atoms with Gasteiger partial charge in [-0.3, -0.25) is 9.59 Å². The van der Waals surface area contributed by atoms with E-state index >= 15 is 0 Å². The average Bonchev–Trinajstić information content (AvgIpc) is 2.64. The number of carbonyl (C=O) groups is 3. The molecule has 0 atom stereocenters. The van der Waals surface area contributed by atoms with Gasteiger partial charge < -0.3 is 20.3 Å². The van der Waals surface area contributed by atoms with E-state index in [1.165, 1.54) is 32.0 Å². The lowest BCUT2D eigenvalue weighted by atomic mass is 9.90. The Morgan fingerprint density at radius 3 is 2.41 bits per heavy atom. The van der Waals surface area contributed by atoms with Crippen LogP contribution in [0.2, 0.25) is 0 Å². The van der Waals surface area contributed by atoms with E-state index in [-0.39, 0.29) is 17.8 Å². The fourth-order valence-electron chi connectivity index (χ4n) is 2.73. The molecule has 3 amide bonds. The van der Waals surface area contributed by atoms with Gasteiger partial charge in [0.2, 0.25) is 11.8 Å². The molecule has 2 N–H and O–H groups in total. The zero-order valence-electron chi connectivity index (χ0n) is 15.9. The largest absolute Gasteiger partial charge is 0.450 e. The predicted octanol–water partition coefficient (Wildman–Crippen LogP) is 2.53. The fourth-order valence-corrected chi connectivity index (χ4v) is 2.73. The van der Waals surface area contributed by atoms with Crippen LogP contribution in [0, 0.1) is 11.2 Å². The summed E-state index contributed by atoms with van der Waals surface area (Å²) in [5.41, 5.74) is -1.34. The van der Waals surface area contributed by atoms with Crippen LogP contribution in [0.1, 0.15) is 33.6 Å². The Kier molecular flexibility index (Phi) is 6.76. The quantitative estimate of drug-likeness (QED) is 0.770. The van der Waals surface area contributed by atoms with Crippen molar-refractivity contribution in [1.82, 2.24) is 10.2 Å². The molecule has 0 radical (unpaired) electrons. The molecule has 8 heteroatoms. The normalized spacial score (nSPS) is 15.2. The van der Waals surface area contributed by atoms with Gasteiger partial charge in [-0.15, -0.1) is 0 Å². The van der Waals surface area contributed by atoms with Crippen molar-refractivity contribution in [2.24, 2.45) is 5.41 Å². The Morgan fingerprint density at radius 2 is 1.81 bits per heavy atom. The van der Waals surface area contributed by atoms with Gasteiger partial charge in [0.25, 0.3) is 0 Å². The van der Waals surface area contributed by atoms with E-state index < -0.39 is 23.0 Å². The zero-order valence-corrected chi connectivity index (χ0v) is 15.9. The van der Waals surface area contributed by atoms with Crippen LogP contribution >= 0.6 is 0 Å². The number of rotatable bonds is 5. The second kappa shape index (κ2) is 8.83. The van der Waals surface area contributed by atoms with Gasteiger partial charge in [-0.05, 0) is 45.7 Å². The van der Waals surface area contributed by atoms with Gasteiger partial charge in [0.05, 0.1) is 12.3 Å². The van der Waals surface area contributed by atoms with Crippen LogP contribution in [-0.2, 0) is 14.3 Å².